The van der Waals surface area contributed by atoms with Gasteiger partial charge in [-0.1, -0.05) is 0 Å². The summed E-state index contributed by atoms with van der Waals surface area (Å²) in [6, 6.07) is 5.48. The van der Waals surface area contributed by atoms with E-state index >= 15 is 0 Å². The maximum atomic E-state index is 12.2. The molecule has 4 heterocycles. The molecular weight excluding hydrogens is 308 g/mol. The Labute approximate surface area is 137 Å². The average Bonchev–Trinajstić information content (AvgIpc) is 3.10. The zero-order valence-electron chi connectivity index (χ0n) is 12.9. The quantitative estimate of drug-likeness (QED) is 0.740. The molecule has 0 spiro atoms. The lowest BCUT2D eigenvalue weighted by molar-refractivity contribution is 0.0928. The molecule has 1 unspecified atom stereocenters. The van der Waals surface area contributed by atoms with Crippen molar-refractivity contribution < 1.29 is 4.79 Å². The molecule has 1 N–H and O–H groups in total. The third-order valence-electron chi connectivity index (χ3n) is 4.04. The topological polar surface area (TPSA) is 101 Å². The van der Waals surface area contributed by atoms with Crippen molar-refractivity contribution in [3.8, 4) is 0 Å². The van der Waals surface area contributed by atoms with Crippen LogP contribution in [0.4, 0.5) is 5.82 Å². The summed E-state index contributed by atoms with van der Waals surface area (Å²) in [4.78, 5) is 22.2. The molecule has 1 saturated heterocycles. The lowest BCUT2D eigenvalue weighted by atomic mass is 10.1. The number of aromatic nitrogens is 6. The number of carbonyl (C=O) groups excluding carboxylic acids is 1. The van der Waals surface area contributed by atoms with Crippen molar-refractivity contribution in [1.29, 1.82) is 0 Å². The number of hydrogen-bond acceptors (Lipinski definition) is 7. The Bertz CT molecular complexity index is 849. The molecule has 0 aliphatic carbocycles. The summed E-state index contributed by atoms with van der Waals surface area (Å²) in [7, 11) is 0. The molecule has 1 aliphatic rings. The van der Waals surface area contributed by atoms with Crippen LogP contribution in [-0.2, 0) is 0 Å². The average molecular weight is 324 g/mol. The van der Waals surface area contributed by atoms with Crippen LogP contribution in [0.5, 0.6) is 0 Å². The van der Waals surface area contributed by atoms with Crippen LogP contribution in [-0.4, -0.2) is 54.8 Å². The van der Waals surface area contributed by atoms with Crippen LogP contribution in [0.3, 0.4) is 0 Å². The molecule has 0 saturated carbocycles. The van der Waals surface area contributed by atoms with Crippen molar-refractivity contribution in [1.82, 2.24) is 35.1 Å². The Morgan fingerprint density at radius 1 is 1.29 bits per heavy atom. The van der Waals surface area contributed by atoms with Crippen LogP contribution in [0.15, 0.2) is 37.1 Å². The van der Waals surface area contributed by atoms with E-state index in [1.165, 1.54) is 6.33 Å². The van der Waals surface area contributed by atoms with Crippen LogP contribution in [0.2, 0.25) is 0 Å². The second-order valence-corrected chi connectivity index (χ2v) is 5.68. The summed E-state index contributed by atoms with van der Waals surface area (Å²) >= 11 is 0. The fourth-order valence-corrected chi connectivity index (χ4v) is 2.87. The van der Waals surface area contributed by atoms with Gasteiger partial charge in [0, 0.05) is 25.3 Å². The van der Waals surface area contributed by atoms with E-state index in [0.29, 0.717) is 17.9 Å². The normalized spacial score (nSPS) is 17.8. The first-order valence-corrected chi connectivity index (χ1v) is 7.78. The van der Waals surface area contributed by atoms with Crippen molar-refractivity contribution in [3.63, 3.8) is 0 Å². The summed E-state index contributed by atoms with van der Waals surface area (Å²) in [5.74, 6) is 0.676. The first-order chi connectivity index (χ1) is 11.8. The van der Waals surface area contributed by atoms with Crippen molar-refractivity contribution in [2.45, 2.75) is 18.9 Å². The van der Waals surface area contributed by atoms with E-state index < -0.39 is 0 Å². The smallest absolute Gasteiger partial charge is 0.270 e. The van der Waals surface area contributed by atoms with Gasteiger partial charge < -0.3 is 10.2 Å². The molecule has 1 atom stereocenters. The molecule has 0 aromatic carbocycles. The van der Waals surface area contributed by atoms with Gasteiger partial charge in [0.15, 0.2) is 5.65 Å². The van der Waals surface area contributed by atoms with Crippen LogP contribution in [0.25, 0.3) is 5.65 Å². The molecule has 9 heteroatoms. The van der Waals surface area contributed by atoms with E-state index in [0.717, 1.165) is 25.2 Å². The Morgan fingerprint density at radius 3 is 3.12 bits per heavy atom. The largest absolute Gasteiger partial charge is 0.353 e. The van der Waals surface area contributed by atoms with E-state index in [1.807, 2.05) is 12.1 Å². The van der Waals surface area contributed by atoms with Crippen molar-refractivity contribution >= 4 is 17.4 Å². The number of nitrogens with zero attached hydrogens (tertiary/aromatic N) is 7. The zero-order chi connectivity index (χ0) is 16.4. The number of fused-ring (bicyclic) bond motifs is 1. The van der Waals surface area contributed by atoms with Gasteiger partial charge in [-0.25, -0.2) is 9.97 Å². The van der Waals surface area contributed by atoms with Gasteiger partial charge in [-0.15, -0.1) is 15.3 Å². The highest BCUT2D eigenvalue weighted by Crippen LogP contribution is 2.18. The summed E-state index contributed by atoms with van der Waals surface area (Å²) < 4.78 is 1.65. The van der Waals surface area contributed by atoms with Crippen LogP contribution in [0, 0.1) is 0 Å². The van der Waals surface area contributed by atoms with Crippen molar-refractivity contribution in [3.05, 3.63) is 42.7 Å². The molecule has 1 amide bonds. The Morgan fingerprint density at radius 2 is 2.25 bits per heavy atom. The predicted octanol–water partition coefficient (Wildman–Crippen LogP) is 0.313. The van der Waals surface area contributed by atoms with Crippen molar-refractivity contribution in [2.24, 2.45) is 0 Å². The molecule has 0 bridgehead atoms. The molecule has 0 radical (unpaired) electrons. The number of anilines is 1. The van der Waals surface area contributed by atoms with Crippen LogP contribution < -0.4 is 10.2 Å². The predicted molar refractivity (Wildman–Crippen MR) is 85.5 cm³/mol. The Balaban J connectivity index is 1.46. The second-order valence-electron chi connectivity index (χ2n) is 5.68. The summed E-state index contributed by atoms with van der Waals surface area (Å²) in [5.41, 5.74) is 1.09. The SMILES string of the molecule is O=C(NC1CCCN(c2ccc3nncn3n2)C1)c1ccncn1. The minimum Gasteiger partial charge on any atom is -0.353 e. The Hall–Kier alpha value is -3.10. The molecule has 3 aromatic heterocycles. The van der Waals surface area contributed by atoms with Gasteiger partial charge in [0.25, 0.3) is 5.91 Å². The molecule has 3 aromatic rings. The van der Waals surface area contributed by atoms with Gasteiger partial charge in [-0.05, 0) is 31.0 Å². The molecule has 24 heavy (non-hydrogen) atoms. The first-order valence-electron chi connectivity index (χ1n) is 7.78. The van der Waals surface area contributed by atoms with Gasteiger partial charge in [-0.3, -0.25) is 4.79 Å². The lowest BCUT2D eigenvalue weighted by Gasteiger charge is -2.33. The monoisotopic (exact) mass is 324 g/mol. The highest BCUT2D eigenvalue weighted by molar-refractivity contribution is 5.92. The highest BCUT2D eigenvalue weighted by Gasteiger charge is 2.23. The zero-order valence-corrected chi connectivity index (χ0v) is 12.9. The number of piperidine rings is 1. The fraction of sp³-hybridized carbons (Fsp3) is 0.333. The van der Waals surface area contributed by atoms with Crippen LogP contribution >= 0.6 is 0 Å². The molecule has 122 valence electrons. The number of rotatable bonds is 3. The third kappa shape index (κ3) is 2.87. The van der Waals surface area contributed by atoms with E-state index in [-0.39, 0.29) is 11.9 Å². The Kier molecular flexibility index (Phi) is 3.73. The summed E-state index contributed by atoms with van der Waals surface area (Å²) in [6.07, 6.45) is 6.43. The molecule has 1 aliphatic heterocycles. The molecule has 1 fully saturated rings. The molecule has 4 rings (SSSR count). The van der Waals surface area contributed by atoms with Gasteiger partial charge in [0.1, 0.15) is 24.2 Å². The summed E-state index contributed by atoms with van der Waals surface area (Å²) in [6.45, 7) is 1.61. The first kappa shape index (κ1) is 14.5. The minimum absolute atomic E-state index is 0.0552. The lowest BCUT2D eigenvalue weighted by Crippen LogP contribution is -2.48. The summed E-state index contributed by atoms with van der Waals surface area (Å²) in [5, 5.41) is 15.3. The maximum Gasteiger partial charge on any atom is 0.270 e. The molecular formula is C15H16N8O. The van der Waals surface area contributed by atoms with Gasteiger partial charge in [0.2, 0.25) is 0 Å². The minimum atomic E-state index is -0.175. The maximum absolute atomic E-state index is 12.2. The standard InChI is InChI=1S/C15H16N8O/c24-15(12-5-6-16-9-17-12)19-11-2-1-7-22(8-11)14-4-3-13-20-18-10-23(13)21-14/h3-6,9-11H,1-2,7-8H2,(H,19,24). The van der Waals surface area contributed by atoms with Crippen LogP contribution in [0.1, 0.15) is 23.3 Å². The van der Waals surface area contributed by atoms with Gasteiger partial charge in [-0.2, -0.15) is 4.52 Å². The van der Waals surface area contributed by atoms with E-state index in [9.17, 15) is 4.79 Å². The molecule has 9 nitrogen and oxygen atoms in total. The number of carbonyl (C=O) groups is 1. The van der Waals surface area contributed by atoms with Gasteiger partial charge in [0.05, 0.1) is 0 Å². The van der Waals surface area contributed by atoms with E-state index in [4.69, 9.17) is 0 Å². The number of hydrogen-bond donors (Lipinski definition) is 1. The van der Waals surface area contributed by atoms with Gasteiger partial charge >= 0.3 is 0 Å². The third-order valence-corrected chi connectivity index (χ3v) is 4.04. The van der Waals surface area contributed by atoms with E-state index in [1.54, 1.807) is 23.1 Å². The van der Waals surface area contributed by atoms with E-state index in [2.05, 4.69) is 35.5 Å². The van der Waals surface area contributed by atoms with Crippen molar-refractivity contribution in [2.75, 3.05) is 18.0 Å². The number of amides is 1. The number of nitrogens with one attached hydrogen (secondary N) is 1. The highest BCUT2D eigenvalue weighted by atomic mass is 16.1. The second kappa shape index (κ2) is 6.19. The fourth-order valence-electron chi connectivity index (χ4n) is 2.87.